The highest BCUT2D eigenvalue weighted by Crippen LogP contribution is 2.18. The van der Waals surface area contributed by atoms with Gasteiger partial charge in [-0.2, -0.15) is 8.42 Å². The summed E-state index contributed by atoms with van der Waals surface area (Å²) in [6.07, 6.45) is 6.09. The molecule has 5 nitrogen and oxygen atoms in total. The quantitative estimate of drug-likeness (QED) is 0.778. The van der Waals surface area contributed by atoms with Crippen LogP contribution in [-0.2, 0) is 26.0 Å². The Bertz CT molecular complexity index is 546. The van der Waals surface area contributed by atoms with E-state index in [2.05, 4.69) is 6.92 Å². The Hall–Kier alpha value is -0.950. The molecular formula is C16H24O5S. The molecule has 0 bridgehead atoms. The molecule has 1 fully saturated rings. The van der Waals surface area contributed by atoms with E-state index in [-0.39, 0.29) is 17.3 Å². The third kappa shape index (κ3) is 5.68. The van der Waals surface area contributed by atoms with E-state index in [0.29, 0.717) is 0 Å². The standard InChI is InChI=1S/C16H24O5S/c1-13(21-16-7-2-3-12-20-16)5-4-6-14-8-10-15(11-9-14)22(17,18)19/h8-11,13,16H,2-7,12H2,1H3,(H,17,18,19)/t13-,16?/m1/s1. The summed E-state index contributed by atoms with van der Waals surface area (Å²) in [4.78, 5) is -0.0672. The predicted molar refractivity (Wildman–Crippen MR) is 83.3 cm³/mol. The number of hydrogen-bond donors (Lipinski definition) is 1. The van der Waals surface area contributed by atoms with Crippen molar-refractivity contribution in [2.75, 3.05) is 6.61 Å². The summed E-state index contributed by atoms with van der Waals surface area (Å²) in [5.74, 6) is 0. The molecule has 2 atom stereocenters. The van der Waals surface area contributed by atoms with Gasteiger partial charge in [-0.3, -0.25) is 4.55 Å². The fourth-order valence-electron chi connectivity index (χ4n) is 2.57. The molecule has 0 saturated carbocycles. The van der Waals surface area contributed by atoms with Crippen LogP contribution in [0.1, 0.15) is 44.6 Å². The fraction of sp³-hybridized carbons (Fsp3) is 0.625. The lowest BCUT2D eigenvalue weighted by atomic mass is 10.1. The first-order valence-corrected chi connectivity index (χ1v) is 9.22. The Morgan fingerprint density at radius 2 is 2.05 bits per heavy atom. The highest BCUT2D eigenvalue weighted by atomic mass is 32.2. The van der Waals surface area contributed by atoms with Crippen LogP contribution in [-0.4, -0.2) is 32.0 Å². The van der Waals surface area contributed by atoms with Gasteiger partial charge in [0.2, 0.25) is 0 Å². The van der Waals surface area contributed by atoms with Gasteiger partial charge in [0, 0.05) is 6.61 Å². The Balaban J connectivity index is 1.71. The maximum Gasteiger partial charge on any atom is 0.294 e. The maximum absolute atomic E-state index is 11.0. The topological polar surface area (TPSA) is 72.8 Å². The minimum absolute atomic E-state index is 0.0576. The van der Waals surface area contributed by atoms with Crippen molar-refractivity contribution >= 4 is 10.1 Å². The van der Waals surface area contributed by atoms with Crippen molar-refractivity contribution in [1.29, 1.82) is 0 Å². The van der Waals surface area contributed by atoms with Crippen LogP contribution in [0, 0.1) is 0 Å². The largest absolute Gasteiger partial charge is 0.353 e. The van der Waals surface area contributed by atoms with Gasteiger partial charge in [0.05, 0.1) is 11.0 Å². The molecule has 1 aliphatic rings. The molecule has 1 N–H and O–H groups in total. The molecule has 0 amide bonds. The Morgan fingerprint density at radius 3 is 2.64 bits per heavy atom. The lowest BCUT2D eigenvalue weighted by molar-refractivity contribution is -0.185. The van der Waals surface area contributed by atoms with Crippen LogP contribution >= 0.6 is 0 Å². The van der Waals surface area contributed by atoms with Crippen LogP contribution in [0.3, 0.4) is 0 Å². The monoisotopic (exact) mass is 328 g/mol. The first-order chi connectivity index (χ1) is 10.4. The predicted octanol–water partition coefficient (Wildman–Crippen LogP) is 3.19. The zero-order valence-corrected chi connectivity index (χ0v) is 13.7. The highest BCUT2D eigenvalue weighted by molar-refractivity contribution is 7.85. The third-order valence-electron chi connectivity index (χ3n) is 3.82. The van der Waals surface area contributed by atoms with Crippen molar-refractivity contribution in [3.63, 3.8) is 0 Å². The number of ether oxygens (including phenoxy) is 2. The normalized spacial score (nSPS) is 20.7. The Morgan fingerprint density at radius 1 is 1.32 bits per heavy atom. The zero-order valence-electron chi connectivity index (χ0n) is 12.9. The van der Waals surface area contributed by atoms with Crippen molar-refractivity contribution in [3.05, 3.63) is 29.8 Å². The van der Waals surface area contributed by atoms with Crippen LogP contribution in [0.5, 0.6) is 0 Å². The second-order valence-electron chi connectivity index (χ2n) is 5.75. The van der Waals surface area contributed by atoms with E-state index in [1.807, 2.05) is 0 Å². The zero-order chi connectivity index (χ0) is 16.0. The molecule has 0 aliphatic carbocycles. The van der Waals surface area contributed by atoms with Gasteiger partial charge in [0.15, 0.2) is 6.29 Å². The second-order valence-corrected chi connectivity index (χ2v) is 7.18. The molecule has 124 valence electrons. The van der Waals surface area contributed by atoms with Gasteiger partial charge in [-0.1, -0.05) is 12.1 Å². The molecule has 1 unspecified atom stereocenters. The van der Waals surface area contributed by atoms with Crippen molar-refractivity contribution in [2.45, 2.75) is 62.7 Å². The summed E-state index contributed by atoms with van der Waals surface area (Å²) in [6, 6.07) is 6.33. The van der Waals surface area contributed by atoms with E-state index >= 15 is 0 Å². The van der Waals surface area contributed by atoms with Crippen molar-refractivity contribution < 1.29 is 22.4 Å². The van der Waals surface area contributed by atoms with E-state index in [1.165, 1.54) is 12.1 Å². The highest BCUT2D eigenvalue weighted by Gasteiger charge is 2.17. The summed E-state index contributed by atoms with van der Waals surface area (Å²) in [7, 11) is -4.10. The summed E-state index contributed by atoms with van der Waals surface area (Å²) < 4.78 is 42.3. The molecule has 1 aromatic carbocycles. The van der Waals surface area contributed by atoms with Gasteiger partial charge in [-0.05, 0) is 63.1 Å². The van der Waals surface area contributed by atoms with Crippen LogP contribution in [0.15, 0.2) is 29.2 Å². The molecule has 0 radical (unpaired) electrons. The van der Waals surface area contributed by atoms with Crippen molar-refractivity contribution in [2.24, 2.45) is 0 Å². The van der Waals surface area contributed by atoms with Gasteiger partial charge in [0.1, 0.15) is 0 Å². The van der Waals surface area contributed by atoms with E-state index in [0.717, 1.165) is 50.7 Å². The minimum atomic E-state index is -4.10. The lowest BCUT2D eigenvalue weighted by Crippen LogP contribution is -2.26. The van der Waals surface area contributed by atoms with Crippen LogP contribution in [0.4, 0.5) is 0 Å². The van der Waals surface area contributed by atoms with Crippen LogP contribution < -0.4 is 0 Å². The minimum Gasteiger partial charge on any atom is -0.353 e. The molecule has 0 spiro atoms. The molecule has 22 heavy (non-hydrogen) atoms. The van der Waals surface area contributed by atoms with Crippen LogP contribution in [0.25, 0.3) is 0 Å². The van der Waals surface area contributed by atoms with E-state index in [9.17, 15) is 8.42 Å². The molecule has 2 rings (SSSR count). The number of hydrogen-bond acceptors (Lipinski definition) is 4. The Kier molecular flexibility index (Phi) is 6.37. The Labute approximate surface area is 132 Å². The second kappa shape index (κ2) is 8.06. The lowest BCUT2D eigenvalue weighted by Gasteiger charge is -2.26. The van der Waals surface area contributed by atoms with Gasteiger partial charge in [-0.25, -0.2) is 0 Å². The first-order valence-electron chi connectivity index (χ1n) is 7.78. The third-order valence-corrected chi connectivity index (χ3v) is 4.69. The van der Waals surface area contributed by atoms with E-state index in [4.69, 9.17) is 14.0 Å². The number of aryl methyl sites for hydroxylation is 1. The average molecular weight is 328 g/mol. The molecule has 0 aromatic heterocycles. The molecule has 1 saturated heterocycles. The summed E-state index contributed by atoms with van der Waals surface area (Å²) in [5.41, 5.74) is 1.05. The van der Waals surface area contributed by atoms with Crippen molar-refractivity contribution in [1.82, 2.24) is 0 Å². The molecular weight excluding hydrogens is 304 g/mol. The summed E-state index contributed by atoms with van der Waals surface area (Å²) in [5, 5.41) is 0. The number of benzene rings is 1. The van der Waals surface area contributed by atoms with Crippen molar-refractivity contribution in [3.8, 4) is 0 Å². The maximum atomic E-state index is 11.0. The molecule has 6 heteroatoms. The first kappa shape index (κ1) is 17.4. The average Bonchev–Trinajstić information content (AvgIpc) is 2.48. The fourth-order valence-corrected chi connectivity index (χ4v) is 3.05. The van der Waals surface area contributed by atoms with E-state index < -0.39 is 10.1 Å². The van der Waals surface area contributed by atoms with Gasteiger partial charge >= 0.3 is 0 Å². The smallest absolute Gasteiger partial charge is 0.294 e. The SMILES string of the molecule is C[C@H](CCCc1ccc(S(=O)(=O)O)cc1)OC1CCCCO1. The van der Waals surface area contributed by atoms with Gasteiger partial charge in [-0.15, -0.1) is 0 Å². The van der Waals surface area contributed by atoms with Crippen LogP contribution in [0.2, 0.25) is 0 Å². The molecule has 1 aliphatic heterocycles. The van der Waals surface area contributed by atoms with Gasteiger partial charge < -0.3 is 9.47 Å². The number of rotatable bonds is 7. The summed E-state index contributed by atoms with van der Waals surface area (Å²) >= 11 is 0. The van der Waals surface area contributed by atoms with Gasteiger partial charge in [0.25, 0.3) is 10.1 Å². The summed E-state index contributed by atoms with van der Waals surface area (Å²) in [6.45, 7) is 2.84. The molecule has 1 aromatic rings. The van der Waals surface area contributed by atoms with E-state index in [1.54, 1.807) is 12.1 Å². The molecule has 1 heterocycles.